The zero-order chi connectivity index (χ0) is 13.6. The van der Waals surface area contributed by atoms with Crippen molar-refractivity contribution in [1.29, 1.82) is 0 Å². The molecule has 1 heterocycles. The highest BCUT2D eigenvalue weighted by Crippen LogP contribution is 2.41. The second-order valence-corrected chi connectivity index (χ2v) is 6.80. The van der Waals surface area contributed by atoms with Gasteiger partial charge in [-0.1, -0.05) is 32.6 Å². The summed E-state index contributed by atoms with van der Waals surface area (Å²) in [5.41, 5.74) is 0.293. The molecule has 1 aliphatic heterocycles. The van der Waals surface area contributed by atoms with Gasteiger partial charge in [0, 0.05) is 12.6 Å². The van der Waals surface area contributed by atoms with Gasteiger partial charge in [-0.25, -0.2) is 0 Å². The van der Waals surface area contributed by atoms with Crippen LogP contribution in [0.15, 0.2) is 0 Å². The van der Waals surface area contributed by atoms with Crippen molar-refractivity contribution in [1.82, 2.24) is 5.32 Å². The number of hydrogen-bond acceptors (Lipinski definition) is 2. The smallest absolute Gasteiger partial charge is 0.0685 e. The lowest BCUT2D eigenvalue weighted by atomic mass is 9.75. The normalized spacial score (nSPS) is 28.4. The Morgan fingerprint density at radius 3 is 2.68 bits per heavy atom. The van der Waals surface area contributed by atoms with Crippen LogP contribution in [0, 0.1) is 5.92 Å². The van der Waals surface area contributed by atoms with Crippen molar-refractivity contribution in [3.8, 4) is 0 Å². The van der Waals surface area contributed by atoms with Crippen LogP contribution in [0.5, 0.6) is 0 Å². The first-order valence-electron chi connectivity index (χ1n) is 8.59. The minimum Gasteiger partial charge on any atom is -0.375 e. The van der Waals surface area contributed by atoms with E-state index in [1.165, 1.54) is 70.6 Å². The first-order chi connectivity index (χ1) is 9.28. The summed E-state index contributed by atoms with van der Waals surface area (Å²) >= 11 is 0. The third-order valence-electron chi connectivity index (χ3n) is 5.33. The average molecular weight is 267 g/mol. The molecular weight excluding hydrogens is 234 g/mol. The second kappa shape index (κ2) is 7.64. The van der Waals surface area contributed by atoms with Gasteiger partial charge < -0.3 is 10.1 Å². The summed E-state index contributed by atoms with van der Waals surface area (Å²) in [7, 11) is 2.12. The zero-order valence-electron chi connectivity index (χ0n) is 13.0. The van der Waals surface area contributed by atoms with E-state index < -0.39 is 0 Å². The molecule has 2 heteroatoms. The predicted octanol–water partition coefficient (Wildman–Crippen LogP) is 4.28. The van der Waals surface area contributed by atoms with E-state index in [1.54, 1.807) is 0 Å². The van der Waals surface area contributed by atoms with Gasteiger partial charge >= 0.3 is 0 Å². The van der Waals surface area contributed by atoms with Crippen molar-refractivity contribution < 1.29 is 4.74 Å². The minimum absolute atomic E-state index is 0.293. The van der Waals surface area contributed by atoms with Crippen molar-refractivity contribution in [2.75, 3.05) is 13.7 Å². The summed E-state index contributed by atoms with van der Waals surface area (Å²) in [6, 6.07) is 0.732. The summed E-state index contributed by atoms with van der Waals surface area (Å²) in [4.78, 5) is 0. The topological polar surface area (TPSA) is 21.3 Å². The maximum atomic E-state index is 6.20. The van der Waals surface area contributed by atoms with E-state index in [0.29, 0.717) is 5.60 Å². The lowest BCUT2D eigenvalue weighted by Gasteiger charge is -2.44. The van der Waals surface area contributed by atoms with E-state index in [0.717, 1.165) is 18.6 Å². The Kier molecular flexibility index (Phi) is 6.15. The summed E-state index contributed by atoms with van der Waals surface area (Å²) in [6.07, 6.45) is 14.9. The molecule has 0 aromatic heterocycles. The summed E-state index contributed by atoms with van der Waals surface area (Å²) in [5, 5.41) is 3.48. The van der Waals surface area contributed by atoms with Crippen molar-refractivity contribution in [2.45, 2.75) is 89.2 Å². The van der Waals surface area contributed by atoms with Crippen molar-refractivity contribution >= 4 is 0 Å². The highest BCUT2D eigenvalue weighted by atomic mass is 16.5. The number of nitrogens with one attached hydrogen (secondary N) is 1. The lowest BCUT2D eigenvalue weighted by molar-refractivity contribution is -0.118. The largest absolute Gasteiger partial charge is 0.375 e. The predicted molar refractivity (Wildman–Crippen MR) is 81.5 cm³/mol. The molecule has 1 saturated carbocycles. The van der Waals surface area contributed by atoms with Gasteiger partial charge in [0.1, 0.15) is 0 Å². The molecule has 0 radical (unpaired) electrons. The summed E-state index contributed by atoms with van der Waals surface area (Å²) in [6.45, 7) is 3.30. The van der Waals surface area contributed by atoms with Crippen LogP contribution in [0.4, 0.5) is 0 Å². The SMILES string of the molecule is CCCC(CCC1CCOC2(CCCCC2)C1)NC. The molecule has 1 spiro atoms. The van der Waals surface area contributed by atoms with E-state index in [-0.39, 0.29) is 0 Å². The molecular formula is C17H33NO. The lowest BCUT2D eigenvalue weighted by Crippen LogP contribution is -2.41. The van der Waals surface area contributed by atoms with E-state index in [4.69, 9.17) is 4.74 Å². The molecule has 2 fully saturated rings. The van der Waals surface area contributed by atoms with Crippen LogP contribution in [-0.2, 0) is 4.74 Å². The molecule has 0 aromatic rings. The molecule has 1 aliphatic carbocycles. The van der Waals surface area contributed by atoms with E-state index in [9.17, 15) is 0 Å². The van der Waals surface area contributed by atoms with Crippen LogP contribution in [0.2, 0.25) is 0 Å². The van der Waals surface area contributed by atoms with Crippen LogP contribution < -0.4 is 5.32 Å². The molecule has 19 heavy (non-hydrogen) atoms. The Bertz CT molecular complexity index is 242. The Labute approximate surface area is 119 Å². The fraction of sp³-hybridized carbons (Fsp3) is 1.00. The highest BCUT2D eigenvalue weighted by Gasteiger charge is 2.38. The Morgan fingerprint density at radius 2 is 2.00 bits per heavy atom. The Morgan fingerprint density at radius 1 is 1.21 bits per heavy atom. The van der Waals surface area contributed by atoms with Gasteiger partial charge in [-0.15, -0.1) is 0 Å². The number of ether oxygens (including phenoxy) is 1. The van der Waals surface area contributed by atoms with Gasteiger partial charge in [-0.05, 0) is 57.9 Å². The number of hydrogen-bond donors (Lipinski definition) is 1. The van der Waals surface area contributed by atoms with Crippen LogP contribution in [-0.4, -0.2) is 25.3 Å². The van der Waals surface area contributed by atoms with Crippen LogP contribution in [0.25, 0.3) is 0 Å². The van der Waals surface area contributed by atoms with E-state index in [1.807, 2.05) is 0 Å². The molecule has 1 saturated heterocycles. The molecule has 112 valence electrons. The molecule has 0 bridgehead atoms. The third kappa shape index (κ3) is 4.46. The maximum absolute atomic E-state index is 6.20. The maximum Gasteiger partial charge on any atom is 0.0685 e. The van der Waals surface area contributed by atoms with E-state index >= 15 is 0 Å². The molecule has 2 nitrogen and oxygen atoms in total. The summed E-state index contributed by atoms with van der Waals surface area (Å²) < 4.78 is 6.20. The van der Waals surface area contributed by atoms with Gasteiger partial charge in [0.05, 0.1) is 5.60 Å². The second-order valence-electron chi connectivity index (χ2n) is 6.80. The van der Waals surface area contributed by atoms with Crippen molar-refractivity contribution in [3.63, 3.8) is 0 Å². The van der Waals surface area contributed by atoms with Crippen molar-refractivity contribution in [3.05, 3.63) is 0 Å². The van der Waals surface area contributed by atoms with Crippen LogP contribution in [0.1, 0.15) is 77.6 Å². The van der Waals surface area contributed by atoms with Crippen LogP contribution in [0.3, 0.4) is 0 Å². The fourth-order valence-electron chi connectivity index (χ4n) is 4.14. The molecule has 1 N–H and O–H groups in total. The summed E-state index contributed by atoms with van der Waals surface area (Å²) in [5.74, 6) is 0.916. The number of rotatable bonds is 6. The Balaban J connectivity index is 1.77. The van der Waals surface area contributed by atoms with Gasteiger partial charge in [0.2, 0.25) is 0 Å². The third-order valence-corrected chi connectivity index (χ3v) is 5.33. The van der Waals surface area contributed by atoms with Gasteiger partial charge in [0.15, 0.2) is 0 Å². The fourth-order valence-corrected chi connectivity index (χ4v) is 4.14. The molecule has 2 rings (SSSR count). The molecule has 0 aromatic carbocycles. The van der Waals surface area contributed by atoms with Gasteiger partial charge in [-0.3, -0.25) is 0 Å². The van der Waals surface area contributed by atoms with Gasteiger partial charge in [0.25, 0.3) is 0 Å². The zero-order valence-corrected chi connectivity index (χ0v) is 13.0. The van der Waals surface area contributed by atoms with Crippen molar-refractivity contribution in [2.24, 2.45) is 5.92 Å². The molecule has 2 atom stereocenters. The molecule has 2 aliphatic rings. The first kappa shape index (κ1) is 15.3. The van der Waals surface area contributed by atoms with Crippen LogP contribution >= 0.6 is 0 Å². The quantitative estimate of drug-likeness (QED) is 0.775. The minimum atomic E-state index is 0.293. The molecule has 2 unspecified atom stereocenters. The average Bonchev–Trinajstić information content (AvgIpc) is 2.44. The van der Waals surface area contributed by atoms with E-state index in [2.05, 4.69) is 19.3 Å². The standard InChI is InChI=1S/C17H33NO/c1-3-7-16(18-2)9-8-15-10-13-19-17(14-15)11-5-4-6-12-17/h15-16,18H,3-14H2,1-2H3. The first-order valence-corrected chi connectivity index (χ1v) is 8.59. The monoisotopic (exact) mass is 267 g/mol. The molecule has 0 amide bonds. The Hall–Kier alpha value is -0.0800. The van der Waals surface area contributed by atoms with Gasteiger partial charge in [-0.2, -0.15) is 0 Å². The highest BCUT2D eigenvalue weighted by molar-refractivity contribution is 4.89.